The molecule has 1 unspecified atom stereocenters. The number of carbonyl (C=O) groups is 2. The first-order valence-electron chi connectivity index (χ1n) is 11.7. The van der Waals surface area contributed by atoms with Crippen molar-refractivity contribution < 1.29 is 19.1 Å². The normalized spacial score (nSPS) is 19.9. The maximum absolute atomic E-state index is 13.3. The van der Waals surface area contributed by atoms with Crippen molar-refractivity contribution >= 4 is 34.2 Å². The molecule has 34 heavy (non-hydrogen) atoms. The minimum atomic E-state index is -0.328. The van der Waals surface area contributed by atoms with Gasteiger partial charge in [0.2, 0.25) is 18.6 Å². The second kappa shape index (κ2) is 8.20. The molecule has 2 fully saturated rings. The Morgan fingerprint density at radius 2 is 1.79 bits per heavy atom. The fraction of sp³-hybridized carbons (Fsp3) is 0.346. The minimum absolute atomic E-state index is 0.0355. The highest BCUT2D eigenvalue weighted by Gasteiger charge is 2.38. The zero-order valence-corrected chi connectivity index (χ0v) is 19.1. The van der Waals surface area contributed by atoms with Crippen LogP contribution in [0.4, 0.5) is 11.5 Å². The predicted molar refractivity (Wildman–Crippen MR) is 128 cm³/mol. The highest BCUT2D eigenvalue weighted by Crippen LogP contribution is 2.37. The molecule has 3 aliphatic heterocycles. The van der Waals surface area contributed by atoms with Gasteiger partial charge in [0.25, 0.3) is 0 Å². The van der Waals surface area contributed by atoms with Crippen molar-refractivity contribution in [3.63, 3.8) is 0 Å². The number of pyridine rings is 1. The Kier molecular flexibility index (Phi) is 5.01. The van der Waals surface area contributed by atoms with Crippen LogP contribution in [0, 0.1) is 12.8 Å². The van der Waals surface area contributed by atoms with Crippen LogP contribution in [0.25, 0.3) is 10.9 Å². The average molecular weight is 459 g/mol. The molecule has 0 N–H and O–H groups in total. The monoisotopic (exact) mass is 458 g/mol. The van der Waals surface area contributed by atoms with Crippen LogP contribution in [0.2, 0.25) is 0 Å². The van der Waals surface area contributed by atoms with Gasteiger partial charge in [0, 0.05) is 56.3 Å². The molecule has 3 aliphatic rings. The van der Waals surface area contributed by atoms with Gasteiger partial charge in [-0.05, 0) is 36.8 Å². The number of benzene rings is 2. The van der Waals surface area contributed by atoms with Crippen LogP contribution in [0.5, 0.6) is 11.5 Å². The van der Waals surface area contributed by atoms with E-state index in [1.807, 2.05) is 41.3 Å². The molecular formula is C26H26N4O4. The maximum Gasteiger partial charge on any atom is 0.231 e. The Bertz CT molecular complexity index is 1290. The smallest absolute Gasteiger partial charge is 0.231 e. The molecule has 4 heterocycles. The molecule has 0 radical (unpaired) electrons. The second-order valence-electron chi connectivity index (χ2n) is 9.07. The van der Waals surface area contributed by atoms with Gasteiger partial charge in [-0.1, -0.05) is 18.2 Å². The van der Waals surface area contributed by atoms with E-state index in [4.69, 9.17) is 14.5 Å². The fourth-order valence-corrected chi connectivity index (χ4v) is 5.08. The van der Waals surface area contributed by atoms with E-state index < -0.39 is 0 Å². The maximum atomic E-state index is 13.3. The summed E-state index contributed by atoms with van der Waals surface area (Å²) in [6.07, 6.45) is 0.235. The third-order valence-corrected chi connectivity index (χ3v) is 6.97. The molecule has 0 bridgehead atoms. The van der Waals surface area contributed by atoms with Gasteiger partial charge in [0.05, 0.1) is 11.4 Å². The fourth-order valence-electron chi connectivity index (χ4n) is 5.08. The van der Waals surface area contributed by atoms with Crippen molar-refractivity contribution in [3.8, 4) is 11.5 Å². The number of carbonyl (C=O) groups excluding carboxylic acids is 2. The first kappa shape index (κ1) is 20.8. The number of hydrogen-bond acceptors (Lipinski definition) is 6. The third kappa shape index (κ3) is 3.59. The summed E-state index contributed by atoms with van der Waals surface area (Å²) in [4.78, 5) is 36.6. The number of para-hydroxylation sites is 1. The number of aryl methyl sites for hydroxylation is 1. The summed E-state index contributed by atoms with van der Waals surface area (Å²) in [5.41, 5.74) is 2.93. The van der Waals surface area contributed by atoms with Gasteiger partial charge in [0.1, 0.15) is 5.82 Å². The molecule has 1 atom stereocenters. The van der Waals surface area contributed by atoms with E-state index in [1.54, 1.807) is 4.90 Å². The summed E-state index contributed by atoms with van der Waals surface area (Å²) in [7, 11) is 0. The Hall–Kier alpha value is -3.81. The van der Waals surface area contributed by atoms with Crippen molar-refractivity contribution in [2.45, 2.75) is 13.3 Å². The molecule has 3 aromatic rings. The van der Waals surface area contributed by atoms with E-state index >= 15 is 0 Å². The number of nitrogens with zero attached hydrogens (tertiary/aromatic N) is 4. The van der Waals surface area contributed by atoms with Crippen molar-refractivity contribution in [2.24, 2.45) is 5.92 Å². The third-order valence-electron chi connectivity index (χ3n) is 6.97. The number of ether oxygens (including phenoxy) is 2. The van der Waals surface area contributed by atoms with Crippen molar-refractivity contribution in [3.05, 3.63) is 54.1 Å². The number of aromatic nitrogens is 1. The van der Waals surface area contributed by atoms with Crippen LogP contribution in [0.1, 0.15) is 12.0 Å². The number of rotatable bonds is 3. The average Bonchev–Trinajstić information content (AvgIpc) is 3.49. The summed E-state index contributed by atoms with van der Waals surface area (Å²) in [5.74, 6) is 1.95. The lowest BCUT2D eigenvalue weighted by atomic mass is 10.1. The Labute approximate surface area is 197 Å². The molecule has 1 aromatic heterocycles. The number of fused-ring (bicyclic) bond motifs is 2. The lowest BCUT2D eigenvalue weighted by molar-refractivity contribution is -0.136. The van der Waals surface area contributed by atoms with Crippen LogP contribution in [-0.2, 0) is 9.59 Å². The molecule has 2 aromatic carbocycles. The van der Waals surface area contributed by atoms with Gasteiger partial charge in [-0.15, -0.1) is 0 Å². The topological polar surface area (TPSA) is 75.2 Å². The Morgan fingerprint density at radius 1 is 1.00 bits per heavy atom. The van der Waals surface area contributed by atoms with Gasteiger partial charge in [-0.3, -0.25) is 9.59 Å². The first-order chi connectivity index (χ1) is 16.6. The molecule has 174 valence electrons. The molecule has 2 amide bonds. The highest BCUT2D eigenvalue weighted by molar-refractivity contribution is 6.00. The van der Waals surface area contributed by atoms with Crippen LogP contribution >= 0.6 is 0 Å². The van der Waals surface area contributed by atoms with Crippen LogP contribution in [0.15, 0.2) is 48.5 Å². The van der Waals surface area contributed by atoms with Gasteiger partial charge in [-0.25, -0.2) is 4.98 Å². The summed E-state index contributed by atoms with van der Waals surface area (Å²) >= 11 is 0. The van der Waals surface area contributed by atoms with E-state index in [-0.39, 0.29) is 30.9 Å². The molecule has 8 nitrogen and oxygen atoms in total. The van der Waals surface area contributed by atoms with Crippen LogP contribution < -0.4 is 19.3 Å². The highest BCUT2D eigenvalue weighted by atomic mass is 16.7. The van der Waals surface area contributed by atoms with Crippen LogP contribution in [-0.4, -0.2) is 61.2 Å². The lowest BCUT2D eigenvalue weighted by Gasteiger charge is -2.36. The van der Waals surface area contributed by atoms with Gasteiger partial charge < -0.3 is 24.2 Å². The zero-order valence-electron chi connectivity index (χ0n) is 19.1. The summed E-state index contributed by atoms with van der Waals surface area (Å²) in [6, 6.07) is 15.7. The molecule has 0 saturated carbocycles. The lowest BCUT2D eigenvalue weighted by Crippen LogP contribution is -2.51. The second-order valence-corrected chi connectivity index (χ2v) is 9.07. The molecule has 8 heteroatoms. The van der Waals surface area contributed by atoms with Gasteiger partial charge >= 0.3 is 0 Å². The Balaban J connectivity index is 1.11. The SMILES string of the molecule is Cc1cc(N2CCN(C(=O)C3CC(=O)N(c4ccc5c(c4)OCO5)C3)CC2)nc2ccccc12. The molecule has 6 rings (SSSR count). The largest absolute Gasteiger partial charge is 0.454 e. The number of anilines is 2. The quantitative estimate of drug-likeness (QED) is 0.601. The zero-order chi connectivity index (χ0) is 23.2. The summed E-state index contributed by atoms with van der Waals surface area (Å²) < 4.78 is 10.8. The van der Waals surface area contributed by atoms with Gasteiger partial charge in [0.15, 0.2) is 11.5 Å². The van der Waals surface area contributed by atoms with Gasteiger partial charge in [-0.2, -0.15) is 0 Å². The predicted octanol–water partition coefficient (Wildman–Crippen LogP) is 2.97. The van der Waals surface area contributed by atoms with Crippen LogP contribution in [0.3, 0.4) is 0 Å². The standard InChI is InChI=1S/C26H26N4O4/c1-17-12-24(27-21-5-3-2-4-20(17)21)28-8-10-29(11-9-28)26(32)18-13-25(31)30(15-18)19-6-7-22-23(14-19)34-16-33-22/h2-7,12,14,18H,8-11,13,15-16H2,1H3. The minimum Gasteiger partial charge on any atom is -0.454 e. The molecular weight excluding hydrogens is 432 g/mol. The van der Waals surface area contributed by atoms with E-state index in [9.17, 15) is 9.59 Å². The van der Waals surface area contributed by atoms with E-state index in [0.717, 1.165) is 35.5 Å². The number of piperazine rings is 1. The van der Waals surface area contributed by atoms with E-state index in [1.165, 1.54) is 5.56 Å². The summed E-state index contributed by atoms with van der Waals surface area (Å²) in [5, 5.41) is 1.16. The van der Waals surface area contributed by atoms with E-state index in [0.29, 0.717) is 31.1 Å². The Morgan fingerprint density at radius 3 is 2.65 bits per heavy atom. The molecule has 0 aliphatic carbocycles. The van der Waals surface area contributed by atoms with Crippen molar-refractivity contribution in [2.75, 3.05) is 49.3 Å². The molecule has 0 spiro atoms. The van der Waals surface area contributed by atoms with Crippen molar-refractivity contribution in [1.82, 2.24) is 9.88 Å². The number of amides is 2. The first-order valence-corrected chi connectivity index (χ1v) is 11.7. The van der Waals surface area contributed by atoms with Crippen molar-refractivity contribution in [1.29, 1.82) is 0 Å². The molecule has 2 saturated heterocycles. The van der Waals surface area contributed by atoms with E-state index in [2.05, 4.69) is 24.0 Å². The number of hydrogen-bond donors (Lipinski definition) is 0. The summed E-state index contributed by atoms with van der Waals surface area (Å²) in [6.45, 7) is 5.39.